The SMILES string of the molecule is C=CC[C@H](O)c1ccc(Cl)c(Cl)c1. The molecule has 0 saturated heterocycles. The number of hydrogen-bond donors (Lipinski definition) is 1. The molecule has 1 N–H and O–H groups in total. The van der Waals surface area contributed by atoms with E-state index in [1.807, 2.05) is 0 Å². The van der Waals surface area contributed by atoms with Crippen LogP contribution >= 0.6 is 23.2 Å². The van der Waals surface area contributed by atoms with Gasteiger partial charge in [-0.2, -0.15) is 0 Å². The van der Waals surface area contributed by atoms with E-state index >= 15 is 0 Å². The molecule has 0 spiro atoms. The van der Waals surface area contributed by atoms with Crippen molar-refractivity contribution in [2.24, 2.45) is 0 Å². The molecule has 0 heterocycles. The fraction of sp³-hybridized carbons (Fsp3) is 0.200. The predicted molar refractivity (Wildman–Crippen MR) is 56.2 cm³/mol. The van der Waals surface area contributed by atoms with Crippen LogP contribution in [0, 0.1) is 0 Å². The largest absolute Gasteiger partial charge is 0.388 e. The maximum atomic E-state index is 9.56. The van der Waals surface area contributed by atoms with Gasteiger partial charge in [0.05, 0.1) is 16.1 Å². The Bertz CT molecular complexity index is 310. The second-order valence-electron chi connectivity index (χ2n) is 2.71. The van der Waals surface area contributed by atoms with Crippen LogP contribution in [0.4, 0.5) is 0 Å². The van der Waals surface area contributed by atoms with E-state index in [1.54, 1.807) is 24.3 Å². The molecule has 0 amide bonds. The Labute approximate surface area is 87.6 Å². The molecule has 0 aromatic heterocycles. The maximum Gasteiger partial charge on any atom is 0.0824 e. The Hall–Kier alpha value is -0.500. The number of rotatable bonds is 3. The third-order valence-electron chi connectivity index (χ3n) is 1.72. The zero-order valence-electron chi connectivity index (χ0n) is 7.00. The molecule has 1 rings (SSSR count). The summed E-state index contributed by atoms with van der Waals surface area (Å²) in [5, 5.41) is 10.5. The van der Waals surface area contributed by atoms with Crippen molar-refractivity contribution in [3.63, 3.8) is 0 Å². The number of aliphatic hydroxyl groups excluding tert-OH is 1. The van der Waals surface area contributed by atoms with Gasteiger partial charge in [-0.3, -0.25) is 0 Å². The van der Waals surface area contributed by atoms with E-state index in [0.717, 1.165) is 5.56 Å². The van der Waals surface area contributed by atoms with E-state index in [1.165, 1.54) is 0 Å². The molecule has 1 nitrogen and oxygen atoms in total. The fourth-order valence-electron chi connectivity index (χ4n) is 1.01. The maximum absolute atomic E-state index is 9.56. The molecule has 0 bridgehead atoms. The van der Waals surface area contributed by atoms with Gasteiger partial charge in [0.2, 0.25) is 0 Å². The average molecular weight is 217 g/mol. The lowest BCUT2D eigenvalue weighted by Gasteiger charge is -2.08. The van der Waals surface area contributed by atoms with Gasteiger partial charge in [0.1, 0.15) is 0 Å². The monoisotopic (exact) mass is 216 g/mol. The number of aliphatic hydroxyl groups is 1. The lowest BCUT2D eigenvalue weighted by molar-refractivity contribution is 0.181. The van der Waals surface area contributed by atoms with Crippen molar-refractivity contribution in [3.05, 3.63) is 46.5 Å². The van der Waals surface area contributed by atoms with Gasteiger partial charge in [-0.1, -0.05) is 35.3 Å². The first-order valence-corrected chi connectivity index (χ1v) is 4.64. The minimum atomic E-state index is -0.549. The highest BCUT2D eigenvalue weighted by Gasteiger charge is 2.07. The Balaban J connectivity index is 2.89. The molecular weight excluding hydrogens is 207 g/mol. The zero-order valence-corrected chi connectivity index (χ0v) is 8.52. The van der Waals surface area contributed by atoms with Gasteiger partial charge in [-0.25, -0.2) is 0 Å². The van der Waals surface area contributed by atoms with E-state index in [2.05, 4.69) is 6.58 Å². The van der Waals surface area contributed by atoms with Crippen LogP contribution in [0.5, 0.6) is 0 Å². The van der Waals surface area contributed by atoms with Gasteiger partial charge < -0.3 is 5.11 Å². The van der Waals surface area contributed by atoms with E-state index in [4.69, 9.17) is 23.2 Å². The van der Waals surface area contributed by atoms with Crippen molar-refractivity contribution in [2.75, 3.05) is 0 Å². The van der Waals surface area contributed by atoms with E-state index in [9.17, 15) is 5.11 Å². The molecule has 70 valence electrons. The van der Waals surface area contributed by atoms with Gasteiger partial charge in [-0.05, 0) is 24.1 Å². The first-order valence-electron chi connectivity index (χ1n) is 3.89. The Kier molecular flexibility index (Phi) is 3.79. The van der Waals surface area contributed by atoms with E-state index in [-0.39, 0.29) is 0 Å². The molecule has 0 unspecified atom stereocenters. The first-order chi connectivity index (χ1) is 6.15. The third kappa shape index (κ3) is 2.73. The molecule has 3 heteroatoms. The molecule has 0 aliphatic heterocycles. The lowest BCUT2D eigenvalue weighted by atomic mass is 10.1. The van der Waals surface area contributed by atoms with Gasteiger partial charge in [0.25, 0.3) is 0 Å². The van der Waals surface area contributed by atoms with Crippen LogP contribution in [-0.4, -0.2) is 5.11 Å². The second-order valence-corrected chi connectivity index (χ2v) is 3.53. The van der Waals surface area contributed by atoms with Gasteiger partial charge in [0.15, 0.2) is 0 Å². The number of benzene rings is 1. The molecule has 0 radical (unpaired) electrons. The molecule has 0 saturated carbocycles. The highest BCUT2D eigenvalue weighted by molar-refractivity contribution is 6.42. The van der Waals surface area contributed by atoms with Crippen LogP contribution in [0.1, 0.15) is 18.1 Å². The number of halogens is 2. The summed E-state index contributed by atoms with van der Waals surface area (Å²) < 4.78 is 0. The van der Waals surface area contributed by atoms with Gasteiger partial charge >= 0.3 is 0 Å². The summed E-state index contributed by atoms with van der Waals surface area (Å²) in [6.07, 6.45) is 1.62. The highest BCUT2D eigenvalue weighted by atomic mass is 35.5. The van der Waals surface area contributed by atoms with Crippen LogP contribution in [-0.2, 0) is 0 Å². The van der Waals surface area contributed by atoms with Crippen molar-refractivity contribution in [3.8, 4) is 0 Å². The van der Waals surface area contributed by atoms with Gasteiger partial charge in [-0.15, -0.1) is 6.58 Å². The Morgan fingerprint density at radius 2 is 2.08 bits per heavy atom. The quantitative estimate of drug-likeness (QED) is 0.767. The molecule has 0 aliphatic rings. The van der Waals surface area contributed by atoms with Crippen molar-refractivity contribution in [1.29, 1.82) is 0 Å². The zero-order chi connectivity index (χ0) is 9.84. The fourth-order valence-corrected chi connectivity index (χ4v) is 1.32. The first kappa shape index (κ1) is 10.6. The minimum absolute atomic E-state index is 0.460. The average Bonchev–Trinajstić information content (AvgIpc) is 2.10. The molecule has 0 aliphatic carbocycles. The van der Waals surface area contributed by atoms with Crippen LogP contribution in [0.3, 0.4) is 0 Å². The molecular formula is C10H10Cl2O. The summed E-state index contributed by atoms with van der Waals surface area (Å²) in [5.74, 6) is 0. The third-order valence-corrected chi connectivity index (χ3v) is 2.46. The van der Waals surface area contributed by atoms with Crippen LogP contribution in [0.25, 0.3) is 0 Å². The standard InChI is InChI=1S/C10H10Cl2O/c1-2-3-10(13)7-4-5-8(11)9(12)6-7/h2,4-6,10,13H,1,3H2/t10-/m0/s1. The highest BCUT2D eigenvalue weighted by Crippen LogP contribution is 2.26. The Morgan fingerprint density at radius 3 is 2.62 bits per heavy atom. The molecule has 13 heavy (non-hydrogen) atoms. The molecule has 0 fully saturated rings. The topological polar surface area (TPSA) is 20.2 Å². The van der Waals surface area contributed by atoms with Crippen LogP contribution < -0.4 is 0 Å². The summed E-state index contributed by atoms with van der Waals surface area (Å²) in [7, 11) is 0. The van der Waals surface area contributed by atoms with Crippen molar-refractivity contribution >= 4 is 23.2 Å². The smallest absolute Gasteiger partial charge is 0.0824 e. The number of hydrogen-bond acceptors (Lipinski definition) is 1. The lowest BCUT2D eigenvalue weighted by Crippen LogP contribution is -1.94. The summed E-state index contributed by atoms with van der Waals surface area (Å²) in [6, 6.07) is 5.09. The summed E-state index contributed by atoms with van der Waals surface area (Å²) >= 11 is 11.5. The summed E-state index contributed by atoms with van der Waals surface area (Å²) in [5.41, 5.74) is 0.759. The van der Waals surface area contributed by atoms with Gasteiger partial charge in [0, 0.05) is 0 Å². The normalized spacial score (nSPS) is 12.5. The Morgan fingerprint density at radius 1 is 1.38 bits per heavy atom. The van der Waals surface area contributed by atoms with Crippen LogP contribution in [0.2, 0.25) is 10.0 Å². The van der Waals surface area contributed by atoms with E-state index in [0.29, 0.717) is 16.5 Å². The summed E-state index contributed by atoms with van der Waals surface area (Å²) in [4.78, 5) is 0. The van der Waals surface area contributed by atoms with Crippen LogP contribution in [0.15, 0.2) is 30.9 Å². The predicted octanol–water partition coefficient (Wildman–Crippen LogP) is 3.60. The van der Waals surface area contributed by atoms with Crippen molar-refractivity contribution in [1.82, 2.24) is 0 Å². The van der Waals surface area contributed by atoms with Crippen molar-refractivity contribution in [2.45, 2.75) is 12.5 Å². The minimum Gasteiger partial charge on any atom is -0.388 e. The molecule has 1 aromatic rings. The summed E-state index contributed by atoms with van der Waals surface area (Å²) in [6.45, 7) is 3.55. The van der Waals surface area contributed by atoms with Crippen molar-refractivity contribution < 1.29 is 5.11 Å². The van der Waals surface area contributed by atoms with E-state index < -0.39 is 6.10 Å². The molecule has 1 atom stereocenters. The molecule has 1 aromatic carbocycles. The second kappa shape index (κ2) is 4.66.